The Morgan fingerprint density at radius 2 is 2.06 bits per heavy atom. The number of rotatable bonds is 4. The van der Waals surface area contributed by atoms with Crippen LogP contribution in [-0.4, -0.2) is 4.98 Å². The van der Waals surface area contributed by atoms with Gasteiger partial charge in [-0.15, -0.1) is 0 Å². The summed E-state index contributed by atoms with van der Waals surface area (Å²) in [6.45, 7) is 3.51. The minimum Gasteiger partial charge on any atom is -0.307 e. The van der Waals surface area contributed by atoms with Crippen LogP contribution in [0, 0.1) is 6.92 Å². The predicted octanol–water partition coefficient (Wildman–Crippen LogP) is 4.10. The molecule has 1 heterocycles. The predicted molar refractivity (Wildman–Crippen MR) is 78.7 cm³/mol. The van der Waals surface area contributed by atoms with Gasteiger partial charge in [-0.3, -0.25) is 4.98 Å². The van der Waals surface area contributed by atoms with E-state index in [4.69, 9.17) is 11.6 Å². The highest BCUT2D eigenvalue weighted by molar-refractivity contribution is 9.10. The molecule has 2 rings (SSSR count). The van der Waals surface area contributed by atoms with E-state index in [2.05, 4.69) is 26.2 Å². The fourth-order valence-corrected chi connectivity index (χ4v) is 2.28. The van der Waals surface area contributed by atoms with Gasteiger partial charge in [0.05, 0.1) is 5.69 Å². The summed E-state index contributed by atoms with van der Waals surface area (Å²) in [7, 11) is 0. The van der Waals surface area contributed by atoms with Crippen LogP contribution in [0.3, 0.4) is 0 Å². The second-order valence-electron chi connectivity index (χ2n) is 4.11. The molecule has 0 aliphatic carbocycles. The highest BCUT2D eigenvalue weighted by Gasteiger charge is 2.01. The molecule has 94 valence electrons. The van der Waals surface area contributed by atoms with Crippen LogP contribution in [0.1, 0.15) is 17.0 Å². The Labute approximate surface area is 121 Å². The molecular weight excluding hydrogens is 312 g/mol. The molecule has 1 aromatic carbocycles. The highest BCUT2D eigenvalue weighted by atomic mass is 79.9. The van der Waals surface area contributed by atoms with E-state index in [1.807, 2.05) is 43.3 Å². The lowest BCUT2D eigenvalue weighted by Gasteiger charge is -2.07. The molecule has 0 radical (unpaired) electrons. The number of aryl methyl sites for hydroxylation is 1. The Kier molecular flexibility index (Phi) is 4.75. The molecule has 0 aliphatic heterocycles. The van der Waals surface area contributed by atoms with Crippen molar-refractivity contribution < 1.29 is 0 Å². The van der Waals surface area contributed by atoms with E-state index < -0.39 is 0 Å². The average molecular weight is 326 g/mol. The number of nitrogens with zero attached hydrogens (tertiary/aromatic N) is 1. The van der Waals surface area contributed by atoms with E-state index in [0.29, 0.717) is 0 Å². The molecular formula is C14H14BrClN2. The minimum atomic E-state index is 0.751. The van der Waals surface area contributed by atoms with Crippen LogP contribution >= 0.6 is 27.5 Å². The molecule has 0 aliphatic rings. The van der Waals surface area contributed by atoms with E-state index in [-0.39, 0.29) is 0 Å². The molecule has 0 unspecified atom stereocenters. The second kappa shape index (κ2) is 6.32. The van der Waals surface area contributed by atoms with Crippen molar-refractivity contribution in [1.82, 2.24) is 10.3 Å². The van der Waals surface area contributed by atoms with E-state index in [1.165, 1.54) is 0 Å². The van der Waals surface area contributed by atoms with Crippen molar-refractivity contribution in [2.45, 2.75) is 20.0 Å². The highest BCUT2D eigenvalue weighted by Crippen LogP contribution is 2.20. The van der Waals surface area contributed by atoms with Gasteiger partial charge < -0.3 is 5.32 Å². The molecule has 0 saturated carbocycles. The molecule has 0 amide bonds. The maximum absolute atomic E-state index is 5.97. The van der Waals surface area contributed by atoms with Crippen LogP contribution in [0.25, 0.3) is 0 Å². The summed E-state index contributed by atoms with van der Waals surface area (Å²) in [5, 5.41) is 4.12. The van der Waals surface area contributed by atoms with Crippen molar-refractivity contribution in [3.8, 4) is 0 Å². The SMILES string of the molecule is Cc1cccc(CNCc2cc(Cl)ccc2Br)n1. The first-order valence-electron chi connectivity index (χ1n) is 5.72. The van der Waals surface area contributed by atoms with E-state index in [9.17, 15) is 0 Å². The van der Waals surface area contributed by atoms with Gasteiger partial charge in [0.1, 0.15) is 0 Å². The zero-order valence-electron chi connectivity index (χ0n) is 10.1. The van der Waals surface area contributed by atoms with Crippen LogP contribution in [0.15, 0.2) is 40.9 Å². The van der Waals surface area contributed by atoms with Crippen LogP contribution < -0.4 is 5.32 Å². The molecule has 0 bridgehead atoms. The normalized spacial score (nSPS) is 10.6. The quantitative estimate of drug-likeness (QED) is 0.915. The van der Waals surface area contributed by atoms with E-state index in [0.717, 1.165) is 39.5 Å². The minimum absolute atomic E-state index is 0.751. The van der Waals surface area contributed by atoms with Crippen molar-refractivity contribution in [3.05, 3.63) is 62.8 Å². The molecule has 0 atom stereocenters. The number of hydrogen-bond donors (Lipinski definition) is 1. The Morgan fingerprint density at radius 1 is 1.22 bits per heavy atom. The third kappa shape index (κ3) is 3.80. The van der Waals surface area contributed by atoms with Crippen LogP contribution in [0.5, 0.6) is 0 Å². The van der Waals surface area contributed by atoms with Gasteiger partial charge in [0.2, 0.25) is 0 Å². The van der Waals surface area contributed by atoms with Crippen LogP contribution in [-0.2, 0) is 13.1 Å². The van der Waals surface area contributed by atoms with Crippen molar-refractivity contribution >= 4 is 27.5 Å². The summed E-state index contributed by atoms with van der Waals surface area (Å²) in [6.07, 6.45) is 0. The molecule has 0 spiro atoms. The van der Waals surface area contributed by atoms with Gasteiger partial charge in [-0.05, 0) is 42.8 Å². The van der Waals surface area contributed by atoms with Crippen LogP contribution in [0.2, 0.25) is 5.02 Å². The summed E-state index contributed by atoms with van der Waals surface area (Å²) in [5.41, 5.74) is 3.24. The zero-order valence-corrected chi connectivity index (χ0v) is 12.4. The van der Waals surface area contributed by atoms with Crippen LogP contribution in [0.4, 0.5) is 0 Å². The molecule has 2 nitrogen and oxygen atoms in total. The number of hydrogen-bond acceptors (Lipinski definition) is 2. The Hall–Kier alpha value is -0.900. The first kappa shape index (κ1) is 13.5. The lowest BCUT2D eigenvalue weighted by Crippen LogP contribution is -2.14. The van der Waals surface area contributed by atoms with Gasteiger partial charge in [0.25, 0.3) is 0 Å². The standard InChI is InChI=1S/C14H14BrClN2/c1-10-3-2-4-13(18-10)9-17-8-11-7-12(16)5-6-14(11)15/h2-7,17H,8-9H2,1H3. The van der Waals surface area contributed by atoms with E-state index >= 15 is 0 Å². The maximum Gasteiger partial charge on any atom is 0.0544 e. The van der Waals surface area contributed by atoms with Gasteiger partial charge in [-0.2, -0.15) is 0 Å². The van der Waals surface area contributed by atoms with Crippen molar-refractivity contribution in [1.29, 1.82) is 0 Å². The van der Waals surface area contributed by atoms with E-state index in [1.54, 1.807) is 0 Å². The second-order valence-corrected chi connectivity index (χ2v) is 5.40. The van der Waals surface area contributed by atoms with Crippen molar-refractivity contribution in [2.75, 3.05) is 0 Å². The lowest BCUT2D eigenvalue weighted by molar-refractivity contribution is 0.676. The largest absolute Gasteiger partial charge is 0.307 e. The smallest absolute Gasteiger partial charge is 0.0544 e. The van der Waals surface area contributed by atoms with Gasteiger partial charge in [-0.1, -0.05) is 33.6 Å². The van der Waals surface area contributed by atoms with Crippen molar-refractivity contribution in [2.24, 2.45) is 0 Å². The lowest BCUT2D eigenvalue weighted by atomic mass is 10.2. The molecule has 0 fully saturated rings. The van der Waals surface area contributed by atoms with Gasteiger partial charge in [0.15, 0.2) is 0 Å². The first-order valence-corrected chi connectivity index (χ1v) is 6.89. The number of halogens is 2. The van der Waals surface area contributed by atoms with Gasteiger partial charge >= 0.3 is 0 Å². The number of aromatic nitrogens is 1. The third-order valence-electron chi connectivity index (χ3n) is 2.58. The zero-order chi connectivity index (χ0) is 13.0. The summed E-state index contributed by atoms with van der Waals surface area (Å²) in [6, 6.07) is 11.8. The summed E-state index contributed by atoms with van der Waals surface area (Å²) >= 11 is 9.49. The fourth-order valence-electron chi connectivity index (χ4n) is 1.70. The van der Waals surface area contributed by atoms with Gasteiger partial charge in [-0.25, -0.2) is 0 Å². The molecule has 1 aromatic heterocycles. The summed E-state index contributed by atoms with van der Waals surface area (Å²) in [5.74, 6) is 0. The van der Waals surface area contributed by atoms with Gasteiger partial charge in [0, 0.05) is 28.3 Å². The number of pyridine rings is 1. The molecule has 2 aromatic rings. The summed E-state index contributed by atoms with van der Waals surface area (Å²) < 4.78 is 1.07. The Morgan fingerprint density at radius 3 is 2.83 bits per heavy atom. The third-order valence-corrected chi connectivity index (χ3v) is 3.58. The summed E-state index contributed by atoms with van der Waals surface area (Å²) in [4.78, 5) is 4.44. The molecule has 1 N–H and O–H groups in total. The maximum atomic E-state index is 5.97. The monoisotopic (exact) mass is 324 g/mol. The number of nitrogens with one attached hydrogen (secondary N) is 1. The molecule has 18 heavy (non-hydrogen) atoms. The Bertz CT molecular complexity index is 543. The topological polar surface area (TPSA) is 24.9 Å². The van der Waals surface area contributed by atoms with Crippen molar-refractivity contribution in [3.63, 3.8) is 0 Å². The molecule has 0 saturated heterocycles. The average Bonchev–Trinajstić information content (AvgIpc) is 2.34. The molecule has 4 heteroatoms. The Balaban J connectivity index is 1.94. The number of benzene rings is 1. The fraction of sp³-hybridized carbons (Fsp3) is 0.214. The first-order chi connectivity index (χ1) is 8.65.